The summed E-state index contributed by atoms with van der Waals surface area (Å²) in [6.07, 6.45) is 8.72. The number of carbonyl (C=O) groups is 1. The quantitative estimate of drug-likeness (QED) is 0.892. The molecular formula is C21H26N2O2. The molecule has 4 rings (SSSR count). The number of carbonyl (C=O) groups excluding carboxylic acids is 1. The van der Waals surface area contributed by atoms with Crippen LogP contribution in [-0.2, 0) is 4.79 Å². The normalized spacial score (nSPS) is 25.3. The van der Waals surface area contributed by atoms with Crippen molar-refractivity contribution in [1.29, 1.82) is 0 Å². The van der Waals surface area contributed by atoms with Crippen molar-refractivity contribution in [3.8, 4) is 0 Å². The number of pyridine rings is 1. The monoisotopic (exact) mass is 338 g/mol. The van der Waals surface area contributed by atoms with E-state index in [9.17, 15) is 9.90 Å². The van der Waals surface area contributed by atoms with Crippen LogP contribution in [-0.4, -0.2) is 22.1 Å². The number of benzene rings is 1. The molecule has 2 N–H and O–H groups in total. The minimum absolute atomic E-state index is 0.0464. The van der Waals surface area contributed by atoms with Crippen molar-refractivity contribution >= 4 is 16.8 Å². The summed E-state index contributed by atoms with van der Waals surface area (Å²) in [6, 6.07) is 10.1. The number of amides is 1. The lowest BCUT2D eigenvalue weighted by Crippen LogP contribution is -2.43. The van der Waals surface area contributed by atoms with E-state index < -0.39 is 0 Å². The third-order valence-corrected chi connectivity index (χ3v) is 5.87. The van der Waals surface area contributed by atoms with Gasteiger partial charge in [-0.25, -0.2) is 0 Å². The highest BCUT2D eigenvalue weighted by Crippen LogP contribution is 2.39. The Hall–Kier alpha value is -1.94. The molecule has 25 heavy (non-hydrogen) atoms. The fourth-order valence-electron chi connectivity index (χ4n) is 4.27. The van der Waals surface area contributed by atoms with Gasteiger partial charge in [0, 0.05) is 17.5 Å². The number of hydrogen-bond acceptors (Lipinski definition) is 3. The average molecular weight is 338 g/mol. The highest BCUT2D eigenvalue weighted by molar-refractivity contribution is 5.81. The van der Waals surface area contributed by atoms with E-state index in [-0.39, 0.29) is 24.0 Å². The molecule has 1 heterocycles. The lowest BCUT2D eigenvalue weighted by atomic mass is 9.75. The van der Waals surface area contributed by atoms with Crippen molar-refractivity contribution in [2.75, 3.05) is 0 Å². The van der Waals surface area contributed by atoms with Crippen molar-refractivity contribution in [2.45, 2.75) is 57.1 Å². The third kappa shape index (κ3) is 3.54. The van der Waals surface area contributed by atoms with E-state index in [1.165, 1.54) is 6.42 Å². The molecule has 2 fully saturated rings. The SMILES string of the molecule is O=C(NC(c1cnc2ccccc2c1)C1CC(O)C1)C1CCCCC1. The fourth-order valence-corrected chi connectivity index (χ4v) is 4.27. The van der Waals surface area contributed by atoms with E-state index in [1.807, 2.05) is 24.4 Å². The zero-order valence-electron chi connectivity index (χ0n) is 14.5. The lowest BCUT2D eigenvalue weighted by Gasteiger charge is -2.39. The van der Waals surface area contributed by atoms with E-state index in [0.29, 0.717) is 5.92 Å². The van der Waals surface area contributed by atoms with E-state index in [2.05, 4.69) is 22.4 Å². The Bertz CT molecular complexity index is 748. The number of fused-ring (bicyclic) bond motifs is 1. The summed E-state index contributed by atoms with van der Waals surface area (Å²) in [4.78, 5) is 17.3. The van der Waals surface area contributed by atoms with Gasteiger partial charge < -0.3 is 10.4 Å². The molecule has 0 spiro atoms. The second kappa shape index (κ2) is 7.12. The Labute approximate surface area is 148 Å². The predicted molar refractivity (Wildman–Crippen MR) is 97.9 cm³/mol. The molecule has 2 saturated carbocycles. The Morgan fingerprint density at radius 1 is 1.16 bits per heavy atom. The van der Waals surface area contributed by atoms with Gasteiger partial charge in [-0.1, -0.05) is 37.5 Å². The minimum atomic E-state index is -0.229. The smallest absolute Gasteiger partial charge is 0.223 e. The van der Waals surface area contributed by atoms with Gasteiger partial charge in [-0.15, -0.1) is 0 Å². The second-order valence-electron chi connectivity index (χ2n) is 7.67. The standard InChI is InChI=1S/C21H26N2O2/c24-18-11-16(12-18)20(23-21(25)14-6-2-1-3-7-14)17-10-15-8-4-5-9-19(15)22-13-17/h4-5,8-10,13-14,16,18,20,24H,1-3,6-7,11-12H2,(H,23,25). The number of aromatic nitrogens is 1. The Kier molecular flexibility index (Phi) is 4.71. The molecule has 0 aliphatic heterocycles. The molecule has 1 unspecified atom stereocenters. The number of rotatable bonds is 4. The molecule has 0 radical (unpaired) electrons. The van der Waals surface area contributed by atoms with Crippen LogP contribution in [0.4, 0.5) is 0 Å². The Morgan fingerprint density at radius 3 is 2.68 bits per heavy atom. The van der Waals surface area contributed by atoms with Gasteiger partial charge in [-0.05, 0) is 49.3 Å². The van der Waals surface area contributed by atoms with Gasteiger partial charge in [-0.2, -0.15) is 0 Å². The summed E-state index contributed by atoms with van der Waals surface area (Å²) in [5.74, 6) is 0.624. The van der Waals surface area contributed by atoms with Crippen LogP contribution in [0.25, 0.3) is 10.9 Å². The van der Waals surface area contributed by atoms with Crippen LogP contribution in [0.1, 0.15) is 56.6 Å². The van der Waals surface area contributed by atoms with Gasteiger partial charge in [-0.3, -0.25) is 9.78 Å². The van der Waals surface area contributed by atoms with E-state index >= 15 is 0 Å². The highest BCUT2D eigenvalue weighted by Gasteiger charge is 2.37. The molecule has 1 amide bonds. The average Bonchev–Trinajstić information content (AvgIpc) is 2.64. The number of nitrogens with zero attached hydrogens (tertiary/aromatic N) is 1. The van der Waals surface area contributed by atoms with Crippen molar-refractivity contribution in [1.82, 2.24) is 10.3 Å². The molecule has 4 heteroatoms. The molecule has 1 atom stereocenters. The second-order valence-corrected chi connectivity index (χ2v) is 7.67. The first-order valence-electron chi connectivity index (χ1n) is 9.54. The molecule has 2 aliphatic rings. The van der Waals surface area contributed by atoms with Gasteiger partial charge >= 0.3 is 0 Å². The molecular weight excluding hydrogens is 312 g/mol. The van der Waals surface area contributed by atoms with Crippen LogP contribution in [0.15, 0.2) is 36.5 Å². The van der Waals surface area contributed by atoms with E-state index in [1.54, 1.807) is 0 Å². The topological polar surface area (TPSA) is 62.2 Å². The van der Waals surface area contributed by atoms with Crippen molar-refractivity contribution in [2.24, 2.45) is 11.8 Å². The zero-order valence-corrected chi connectivity index (χ0v) is 14.5. The first-order chi connectivity index (χ1) is 12.2. The van der Waals surface area contributed by atoms with Crippen molar-refractivity contribution < 1.29 is 9.90 Å². The third-order valence-electron chi connectivity index (χ3n) is 5.87. The van der Waals surface area contributed by atoms with Gasteiger partial charge in [0.2, 0.25) is 5.91 Å². The summed E-state index contributed by atoms with van der Waals surface area (Å²) >= 11 is 0. The van der Waals surface area contributed by atoms with Crippen molar-refractivity contribution in [3.63, 3.8) is 0 Å². The van der Waals surface area contributed by atoms with Crippen molar-refractivity contribution in [3.05, 3.63) is 42.1 Å². The van der Waals surface area contributed by atoms with Crippen LogP contribution >= 0.6 is 0 Å². The van der Waals surface area contributed by atoms with Crippen LogP contribution < -0.4 is 5.32 Å². The zero-order chi connectivity index (χ0) is 17.2. The van der Waals surface area contributed by atoms with Crippen LogP contribution in [0.2, 0.25) is 0 Å². The molecule has 2 aromatic rings. The van der Waals surface area contributed by atoms with Gasteiger partial charge in [0.25, 0.3) is 0 Å². The molecule has 0 saturated heterocycles. The maximum Gasteiger partial charge on any atom is 0.223 e. The Balaban J connectivity index is 1.57. The predicted octanol–water partition coefficient (Wildman–Crippen LogP) is 3.74. The molecule has 2 aliphatic carbocycles. The van der Waals surface area contributed by atoms with E-state index in [4.69, 9.17) is 0 Å². The lowest BCUT2D eigenvalue weighted by molar-refractivity contribution is -0.127. The first-order valence-corrected chi connectivity index (χ1v) is 9.54. The van der Waals surface area contributed by atoms with Crippen LogP contribution in [0, 0.1) is 11.8 Å². The van der Waals surface area contributed by atoms with Gasteiger partial charge in [0.1, 0.15) is 0 Å². The van der Waals surface area contributed by atoms with Gasteiger partial charge in [0.15, 0.2) is 0 Å². The molecule has 132 valence electrons. The van der Waals surface area contributed by atoms with Crippen LogP contribution in [0.3, 0.4) is 0 Å². The molecule has 0 bridgehead atoms. The number of aliphatic hydroxyl groups excluding tert-OH is 1. The maximum absolute atomic E-state index is 12.8. The summed E-state index contributed by atoms with van der Waals surface area (Å²) in [5, 5.41) is 14.1. The van der Waals surface area contributed by atoms with Crippen LogP contribution in [0.5, 0.6) is 0 Å². The maximum atomic E-state index is 12.8. The van der Waals surface area contributed by atoms with E-state index in [0.717, 1.165) is 55.0 Å². The molecule has 1 aromatic heterocycles. The summed E-state index contributed by atoms with van der Waals surface area (Å²) < 4.78 is 0. The number of para-hydroxylation sites is 1. The summed E-state index contributed by atoms with van der Waals surface area (Å²) in [5.41, 5.74) is 2.03. The van der Waals surface area contributed by atoms with Gasteiger partial charge in [0.05, 0.1) is 17.7 Å². The minimum Gasteiger partial charge on any atom is -0.393 e. The fraction of sp³-hybridized carbons (Fsp3) is 0.524. The number of nitrogens with one attached hydrogen (secondary N) is 1. The summed E-state index contributed by atoms with van der Waals surface area (Å²) in [6.45, 7) is 0. The number of aliphatic hydroxyl groups is 1. The summed E-state index contributed by atoms with van der Waals surface area (Å²) in [7, 11) is 0. The highest BCUT2D eigenvalue weighted by atomic mass is 16.3. The number of hydrogen-bond donors (Lipinski definition) is 2. The largest absolute Gasteiger partial charge is 0.393 e. The first kappa shape index (κ1) is 16.5. The molecule has 1 aromatic carbocycles. The molecule has 4 nitrogen and oxygen atoms in total. The Morgan fingerprint density at radius 2 is 1.92 bits per heavy atom.